The molecule has 12 heteroatoms. The predicted octanol–water partition coefficient (Wildman–Crippen LogP) is 18.9. The maximum Gasteiger partial charge on any atom is 0.306 e. The second-order valence-electron chi connectivity index (χ2n) is 22.8. The summed E-state index contributed by atoms with van der Waals surface area (Å²) in [5.74, 6) is -2.04. The van der Waals surface area contributed by atoms with E-state index in [-0.39, 0.29) is 61.8 Å². The van der Waals surface area contributed by atoms with Crippen LogP contribution in [0.5, 0.6) is 0 Å². The molecule has 2 N–H and O–H groups in total. The molecule has 0 aromatic heterocycles. The fourth-order valence-electron chi connectivity index (χ4n) is 8.97. The first-order chi connectivity index (χ1) is 39.0. The molecule has 12 nitrogen and oxygen atoms in total. The fourth-order valence-corrected chi connectivity index (χ4v) is 8.97. The Hall–Kier alpha value is -2.99. The number of carbonyl (C=O) groups excluding carboxylic acids is 7. The molecule has 0 fully saturated rings. The zero-order chi connectivity index (χ0) is 62.0. The van der Waals surface area contributed by atoms with Gasteiger partial charge in [-0.2, -0.15) is 0 Å². The molecule has 0 aromatic rings. The van der Waals surface area contributed by atoms with Crippen LogP contribution in [0.4, 0.5) is 0 Å². The van der Waals surface area contributed by atoms with Gasteiger partial charge in [-0.15, -0.1) is 0 Å². The van der Waals surface area contributed by atoms with Gasteiger partial charge in [0.15, 0.2) is 0 Å². The average Bonchev–Trinajstić information content (AvgIpc) is 3.44. The molecule has 0 aliphatic heterocycles. The van der Waals surface area contributed by atoms with Crippen molar-refractivity contribution in [3.63, 3.8) is 0 Å². The Kier molecular flexibility index (Phi) is 76.4. The lowest BCUT2D eigenvalue weighted by Crippen LogP contribution is -2.37. The van der Waals surface area contributed by atoms with Crippen molar-refractivity contribution in [1.82, 2.24) is 0 Å². The smallest absolute Gasteiger partial charge is 0.306 e. The maximum absolute atomic E-state index is 13.1. The molecule has 0 aliphatic carbocycles. The SMILES string of the molecule is CC(=O)CCCN.CCCCCCCCC.CCCCCCCCC.CCCCCCCCOC.CCCCCCCCOC(=O)CC(CC=O)CC(=O)OC(CC(C)CC)C(CC)OC(=O)CC(CC(=O)CCC)CC(=O)CCC. The first kappa shape index (κ1) is 86.8. The van der Waals surface area contributed by atoms with Crippen molar-refractivity contribution in [1.29, 1.82) is 0 Å². The van der Waals surface area contributed by atoms with Gasteiger partial charge in [-0.25, -0.2) is 0 Å². The van der Waals surface area contributed by atoms with Crippen molar-refractivity contribution in [2.24, 2.45) is 23.5 Å². The van der Waals surface area contributed by atoms with Gasteiger partial charge in [0.2, 0.25) is 0 Å². The molecule has 0 amide bonds. The Labute approximate surface area is 501 Å². The van der Waals surface area contributed by atoms with E-state index >= 15 is 0 Å². The summed E-state index contributed by atoms with van der Waals surface area (Å²) < 4.78 is 22.0. The number of carbonyl (C=O) groups is 7. The van der Waals surface area contributed by atoms with Crippen LogP contribution < -0.4 is 5.73 Å². The van der Waals surface area contributed by atoms with Crippen LogP contribution in [0.3, 0.4) is 0 Å². The summed E-state index contributed by atoms with van der Waals surface area (Å²) >= 11 is 0. The van der Waals surface area contributed by atoms with Crippen LogP contribution >= 0.6 is 0 Å². The highest BCUT2D eigenvalue weighted by atomic mass is 16.6. The minimum Gasteiger partial charge on any atom is -0.466 e. The van der Waals surface area contributed by atoms with E-state index in [1.807, 2.05) is 34.6 Å². The van der Waals surface area contributed by atoms with Crippen molar-refractivity contribution in [3.05, 3.63) is 0 Å². The number of ketones is 3. The number of unbranched alkanes of at least 4 members (excludes halogenated alkanes) is 22. The molecule has 0 rings (SSSR count). The Morgan fingerprint density at radius 2 is 0.790 bits per heavy atom. The van der Waals surface area contributed by atoms with Crippen molar-refractivity contribution >= 4 is 41.5 Å². The number of hydrogen-bond acceptors (Lipinski definition) is 12. The first-order valence-electron chi connectivity index (χ1n) is 33.7. The Bertz CT molecular complexity index is 1340. The van der Waals surface area contributed by atoms with Gasteiger partial charge in [-0.05, 0) is 76.2 Å². The van der Waals surface area contributed by atoms with Crippen LogP contribution in [0.1, 0.15) is 346 Å². The van der Waals surface area contributed by atoms with E-state index in [1.54, 1.807) is 14.0 Å². The minimum absolute atomic E-state index is 0.0244. The second kappa shape index (κ2) is 71.3. The molecule has 482 valence electrons. The van der Waals surface area contributed by atoms with E-state index in [4.69, 9.17) is 24.7 Å². The first-order valence-corrected chi connectivity index (χ1v) is 33.7. The molecule has 0 saturated heterocycles. The van der Waals surface area contributed by atoms with Gasteiger partial charge in [0.05, 0.1) is 6.61 Å². The maximum atomic E-state index is 13.1. The third-order valence-corrected chi connectivity index (χ3v) is 14.2. The molecule has 0 bridgehead atoms. The van der Waals surface area contributed by atoms with E-state index in [0.717, 1.165) is 38.7 Å². The lowest BCUT2D eigenvalue weighted by molar-refractivity contribution is -0.171. The summed E-state index contributed by atoms with van der Waals surface area (Å²) in [5.41, 5.74) is 5.12. The van der Waals surface area contributed by atoms with E-state index in [1.165, 1.54) is 148 Å². The Balaban J connectivity index is -0.000000435. The average molecular weight is 1150 g/mol. The quantitative estimate of drug-likeness (QED) is 0.0264. The van der Waals surface area contributed by atoms with Gasteiger partial charge in [0.25, 0.3) is 0 Å². The highest BCUT2D eigenvalue weighted by Crippen LogP contribution is 2.25. The molecular formula is C69H135NO11. The third kappa shape index (κ3) is 71.2. The van der Waals surface area contributed by atoms with Crippen molar-refractivity contribution in [3.8, 4) is 0 Å². The molecule has 0 aromatic carbocycles. The fraction of sp³-hybridized carbons (Fsp3) is 0.899. The molecular weight excluding hydrogens is 1020 g/mol. The third-order valence-electron chi connectivity index (χ3n) is 14.2. The predicted molar refractivity (Wildman–Crippen MR) is 341 cm³/mol. The summed E-state index contributed by atoms with van der Waals surface area (Å²) in [5, 5.41) is 0. The largest absolute Gasteiger partial charge is 0.466 e. The summed E-state index contributed by atoms with van der Waals surface area (Å²) in [7, 11) is 1.77. The summed E-state index contributed by atoms with van der Waals surface area (Å²) in [6.45, 7) is 26.7. The molecule has 0 aliphatic rings. The van der Waals surface area contributed by atoms with E-state index < -0.39 is 42.0 Å². The molecule has 4 unspecified atom stereocenters. The van der Waals surface area contributed by atoms with Crippen LogP contribution in [0.2, 0.25) is 0 Å². The Morgan fingerprint density at radius 1 is 0.420 bits per heavy atom. The number of esters is 3. The lowest BCUT2D eigenvalue weighted by Gasteiger charge is -2.29. The highest BCUT2D eigenvalue weighted by Gasteiger charge is 2.31. The number of Topliss-reactive ketones (excluding diaryl/α,β-unsaturated/α-hetero) is 3. The number of nitrogens with two attached hydrogens (primary N) is 1. The van der Waals surface area contributed by atoms with Crippen LogP contribution in [-0.4, -0.2) is 80.6 Å². The topological polar surface area (TPSA) is 182 Å². The number of rotatable bonds is 52. The van der Waals surface area contributed by atoms with Gasteiger partial charge in [0, 0.05) is 71.5 Å². The van der Waals surface area contributed by atoms with Crippen molar-refractivity contribution in [2.75, 3.05) is 26.9 Å². The summed E-state index contributed by atoms with van der Waals surface area (Å²) in [4.78, 5) is 84.9. The summed E-state index contributed by atoms with van der Waals surface area (Å²) in [6, 6.07) is 0. The zero-order valence-electron chi connectivity index (χ0n) is 55.6. The van der Waals surface area contributed by atoms with E-state index in [0.29, 0.717) is 64.4 Å². The second-order valence-corrected chi connectivity index (χ2v) is 22.8. The van der Waals surface area contributed by atoms with Crippen molar-refractivity contribution in [2.45, 2.75) is 359 Å². The molecule has 81 heavy (non-hydrogen) atoms. The van der Waals surface area contributed by atoms with Gasteiger partial charge in [0.1, 0.15) is 35.8 Å². The lowest BCUT2D eigenvalue weighted by atomic mass is 9.91. The van der Waals surface area contributed by atoms with E-state index in [2.05, 4.69) is 41.5 Å². The number of ether oxygens (including phenoxy) is 4. The number of hydrogen-bond donors (Lipinski definition) is 1. The molecule has 0 radical (unpaired) electrons. The Morgan fingerprint density at radius 3 is 1.12 bits per heavy atom. The monoisotopic (exact) mass is 1150 g/mol. The van der Waals surface area contributed by atoms with E-state index in [9.17, 15) is 33.6 Å². The van der Waals surface area contributed by atoms with Crippen LogP contribution in [-0.2, 0) is 52.5 Å². The standard InChI is InChI=1S/C37H64O9.C9H20O.2C9H20.C5H11NO/c1-7-12-13-14-15-16-21-44-35(41)25-29(19-20-38)26-36(42)46-34(22-28(6)10-4)33(11-5)45-37(43)27-30(23-31(39)17-8-2)24-32(40)18-9-3;1-3-4-5-6-7-8-9-10-2;2*1-3-5-7-9-8-6-4-2;1-5(7)3-2-4-6/h20,28-30,33-34H,7-19,21-27H2,1-6H3;3-9H2,1-2H3;2*3-9H2,1-2H3;2-4,6H2,1H3. The van der Waals surface area contributed by atoms with Gasteiger partial charge >= 0.3 is 17.9 Å². The number of aldehydes is 1. The molecule has 0 heterocycles. The molecule has 4 atom stereocenters. The number of methoxy groups -OCH3 is 1. The van der Waals surface area contributed by atoms with Crippen LogP contribution in [0.25, 0.3) is 0 Å². The van der Waals surface area contributed by atoms with Gasteiger partial charge in [-0.1, -0.05) is 237 Å². The summed E-state index contributed by atoms with van der Waals surface area (Å²) in [6.07, 6.45) is 39.2. The molecule has 0 spiro atoms. The van der Waals surface area contributed by atoms with Crippen molar-refractivity contribution < 1.29 is 52.5 Å². The zero-order valence-corrected chi connectivity index (χ0v) is 55.6. The minimum atomic E-state index is -0.713. The van der Waals surface area contributed by atoms with Crippen LogP contribution in [0.15, 0.2) is 0 Å². The van der Waals surface area contributed by atoms with Gasteiger partial charge < -0.3 is 34.3 Å². The van der Waals surface area contributed by atoms with Gasteiger partial charge in [-0.3, -0.25) is 24.0 Å². The normalized spacial score (nSPS) is 12.1. The molecule has 0 saturated carbocycles. The van der Waals surface area contributed by atoms with Crippen LogP contribution in [0, 0.1) is 17.8 Å². The highest BCUT2D eigenvalue weighted by molar-refractivity contribution is 5.83.